The fraction of sp³-hybridized carbons (Fsp3) is 0.179. The number of fused-ring (bicyclic) bond motifs is 1. The van der Waals surface area contributed by atoms with E-state index >= 15 is 0 Å². The first-order chi connectivity index (χ1) is 17.9. The molecule has 1 aliphatic rings. The van der Waals surface area contributed by atoms with Crippen LogP contribution in [0.15, 0.2) is 91.6 Å². The highest BCUT2D eigenvalue weighted by molar-refractivity contribution is 9.10. The number of carbonyl (C=O) groups excluding carboxylic acids is 1. The monoisotopic (exact) mass is 594 g/mol. The van der Waals surface area contributed by atoms with Gasteiger partial charge >= 0.3 is 5.97 Å². The number of carbonyl (C=O) groups is 1. The fourth-order valence-electron chi connectivity index (χ4n) is 4.10. The Bertz CT molecular complexity index is 1650. The van der Waals surface area contributed by atoms with E-state index in [9.17, 15) is 9.59 Å². The summed E-state index contributed by atoms with van der Waals surface area (Å²) < 4.78 is 14.5. The molecule has 0 aliphatic carbocycles. The Morgan fingerprint density at radius 2 is 1.97 bits per heavy atom. The lowest BCUT2D eigenvalue weighted by Crippen LogP contribution is -2.39. The first kappa shape index (κ1) is 25.4. The average molecular weight is 596 g/mol. The number of thiazole rings is 1. The predicted molar refractivity (Wildman–Crippen MR) is 150 cm³/mol. The van der Waals surface area contributed by atoms with Crippen molar-refractivity contribution in [3.05, 3.63) is 117 Å². The zero-order valence-corrected chi connectivity index (χ0v) is 23.4. The highest BCUT2D eigenvalue weighted by atomic mass is 79.9. The molecular formula is C28H23BrN2O4S2. The number of hydrogen-bond acceptors (Lipinski definition) is 7. The number of halogens is 1. The summed E-state index contributed by atoms with van der Waals surface area (Å²) in [6.45, 7) is 4.24. The van der Waals surface area contributed by atoms with Crippen LogP contribution in [0.5, 0.6) is 5.75 Å². The summed E-state index contributed by atoms with van der Waals surface area (Å²) in [5, 5.41) is 1.93. The summed E-state index contributed by atoms with van der Waals surface area (Å²) in [7, 11) is 0. The summed E-state index contributed by atoms with van der Waals surface area (Å²) in [4.78, 5) is 32.6. The minimum atomic E-state index is -0.571. The van der Waals surface area contributed by atoms with E-state index in [1.165, 1.54) is 22.7 Å². The lowest BCUT2D eigenvalue weighted by molar-refractivity contribution is -0.139. The van der Waals surface area contributed by atoms with E-state index in [0.717, 1.165) is 20.5 Å². The first-order valence-corrected chi connectivity index (χ1v) is 14.1. The van der Waals surface area contributed by atoms with E-state index < -0.39 is 12.0 Å². The van der Waals surface area contributed by atoms with Crippen LogP contribution in [0, 0.1) is 0 Å². The molecule has 37 heavy (non-hydrogen) atoms. The van der Waals surface area contributed by atoms with Gasteiger partial charge in [0, 0.05) is 9.35 Å². The third-order valence-corrected chi connectivity index (χ3v) is 8.24. The zero-order valence-electron chi connectivity index (χ0n) is 20.1. The Kier molecular flexibility index (Phi) is 7.55. The third-order valence-electron chi connectivity index (χ3n) is 5.80. The maximum Gasteiger partial charge on any atom is 0.338 e. The van der Waals surface area contributed by atoms with Gasteiger partial charge in [0.25, 0.3) is 5.56 Å². The Balaban J connectivity index is 1.51. The minimum absolute atomic E-state index is 0.197. The number of allylic oxidation sites excluding steroid dienone is 1. The van der Waals surface area contributed by atoms with Gasteiger partial charge in [-0.2, -0.15) is 0 Å². The van der Waals surface area contributed by atoms with Gasteiger partial charge in [-0.25, -0.2) is 9.79 Å². The maximum absolute atomic E-state index is 13.7. The summed E-state index contributed by atoms with van der Waals surface area (Å²) in [5.74, 6) is 0.258. The Labute approximate surface area is 230 Å². The molecule has 2 aromatic carbocycles. The minimum Gasteiger partial charge on any atom is -0.489 e. The van der Waals surface area contributed by atoms with Gasteiger partial charge < -0.3 is 9.47 Å². The van der Waals surface area contributed by atoms with E-state index in [4.69, 9.17) is 9.47 Å². The lowest BCUT2D eigenvalue weighted by Gasteiger charge is -2.23. The van der Waals surface area contributed by atoms with Crippen molar-refractivity contribution >= 4 is 50.6 Å². The number of thiophene rings is 1. The Morgan fingerprint density at radius 1 is 1.16 bits per heavy atom. The maximum atomic E-state index is 13.7. The van der Waals surface area contributed by atoms with Crippen molar-refractivity contribution in [2.24, 2.45) is 4.99 Å². The van der Waals surface area contributed by atoms with Crippen LogP contribution in [-0.2, 0) is 16.1 Å². The zero-order chi connectivity index (χ0) is 25.9. The molecule has 5 rings (SSSR count). The molecule has 0 saturated heterocycles. The molecule has 188 valence electrons. The molecule has 2 aromatic heterocycles. The van der Waals surface area contributed by atoms with Crippen LogP contribution < -0.4 is 19.6 Å². The number of benzene rings is 2. The predicted octanol–water partition coefficient (Wildman–Crippen LogP) is 5.20. The van der Waals surface area contributed by atoms with Crippen LogP contribution in [0.4, 0.5) is 0 Å². The van der Waals surface area contributed by atoms with Crippen LogP contribution in [0.3, 0.4) is 0 Å². The molecule has 0 N–H and O–H groups in total. The Hall–Kier alpha value is -3.27. The number of nitrogens with zero attached hydrogens (tertiary/aromatic N) is 2. The van der Waals surface area contributed by atoms with Crippen molar-refractivity contribution < 1.29 is 14.3 Å². The second-order valence-electron chi connectivity index (χ2n) is 8.31. The lowest BCUT2D eigenvalue weighted by atomic mass is 10.0. The van der Waals surface area contributed by atoms with E-state index in [-0.39, 0.29) is 12.2 Å². The van der Waals surface area contributed by atoms with Gasteiger partial charge in [-0.15, -0.1) is 11.3 Å². The fourth-order valence-corrected chi connectivity index (χ4v) is 6.23. The Morgan fingerprint density at radius 3 is 2.70 bits per heavy atom. The van der Waals surface area contributed by atoms with E-state index in [0.29, 0.717) is 33.0 Å². The highest BCUT2D eigenvalue weighted by Gasteiger charge is 2.33. The SMILES string of the molecule is CCOC(=O)C1=C(C)N=c2s/c(=C\c3cccc(OCc4ccc(Br)cc4)c3)c(=O)n2[C@H]1c1cccs1. The van der Waals surface area contributed by atoms with Gasteiger partial charge in [0.2, 0.25) is 0 Å². The van der Waals surface area contributed by atoms with Crippen molar-refractivity contribution in [3.8, 4) is 5.75 Å². The molecule has 6 nitrogen and oxygen atoms in total. The molecule has 3 heterocycles. The van der Waals surface area contributed by atoms with E-state index in [2.05, 4.69) is 20.9 Å². The van der Waals surface area contributed by atoms with Crippen LogP contribution in [0.2, 0.25) is 0 Å². The number of ether oxygens (including phenoxy) is 2. The first-order valence-electron chi connectivity index (χ1n) is 11.6. The molecule has 9 heteroatoms. The molecular weight excluding hydrogens is 572 g/mol. The molecule has 0 bridgehead atoms. The molecule has 1 aliphatic heterocycles. The van der Waals surface area contributed by atoms with Crippen LogP contribution in [-0.4, -0.2) is 17.1 Å². The summed E-state index contributed by atoms with van der Waals surface area (Å²) in [6.07, 6.45) is 1.84. The molecule has 0 radical (unpaired) electrons. The van der Waals surface area contributed by atoms with Gasteiger partial charge in [0.05, 0.1) is 22.4 Å². The second-order valence-corrected chi connectivity index (χ2v) is 11.2. The molecule has 0 unspecified atom stereocenters. The molecule has 0 spiro atoms. The van der Waals surface area contributed by atoms with Crippen LogP contribution in [0.25, 0.3) is 6.08 Å². The quantitative estimate of drug-likeness (QED) is 0.276. The molecule has 0 amide bonds. The molecule has 4 aromatic rings. The standard InChI is InChI=1S/C28H23BrN2O4S2/c1-3-34-27(33)24-17(2)30-28-31(25(24)22-8-5-13-36-22)26(32)23(37-28)15-19-6-4-7-21(14-19)35-16-18-9-11-20(29)12-10-18/h4-15,25H,3,16H2,1-2H3/b23-15-/t25-/m0/s1. The average Bonchev–Trinajstić information content (AvgIpc) is 3.52. The van der Waals surface area contributed by atoms with Crippen LogP contribution in [0.1, 0.15) is 35.9 Å². The number of hydrogen-bond donors (Lipinski definition) is 0. The third kappa shape index (κ3) is 5.39. The topological polar surface area (TPSA) is 69.9 Å². The molecule has 0 fully saturated rings. The smallest absolute Gasteiger partial charge is 0.338 e. The normalized spacial score (nSPS) is 15.3. The van der Waals surface area contributed by atoms with Gasteiger partial charge in [-0.3, -0.25) is 9.36 Å². The van der Waals surface area contributed by atoms with E-state index in [1.807, 2.05) is 72.1 Å². The van der Waals surface area contributed by atoms with Crippen LogP contribution >= 0.6 is 38.6 Å². The van der Waals surface area contributed by atoms with Crippen molar-refractivity contribution in [1.29, 1.82) is 0 Å². The van der Waals surface area contributed by atoms with Crippen molar-refractivity contribution in [1.82, 2.24) is 4.57 Å². The molecule has 1 atom stereocenters. The largest absolute Gasteiger partial charge is 0.489 e. The van der Waals surface area contributed by atoms with Crippen molar-refractivity contribution in [3.63, 3.8) is 0 Å². The van der Waals surface area contributed by atoms with Gasteiger partial charge in [-0.1, -0.05) is 57.6 Å². The van der Waals surface area contributed by atoms with Crippen molar-refractivity contribution in [2.45, 2.75) is 26.5 Å². The van der Waals surface area contributed by atoms with E-state index in [1.54, 1.807) is 18.4 Å². The number of rotatable bonds is 7. The summed E-state index contributed by atoms with van der Waals surface area (Å²) >= 11 is 6.24. The van der Waals surface area contributed by atoms with Gasteiger partial charge in [0.1, 0.15) is 18.4 Å². The molecule has 0 saturated carbocycles. The summed E-state index contributed by atoms with van der Waals surface area (Å²) in [6, 6.07) is 18.9. The number of esters is 1. The van der Waals surface area contributed by atoms with Gasteiger partial charge in [0.15, 0.2) is 4.80 Å². The highest BCUT2D eigenvalue weighted by Crippen LogP contribution is 2.33. The van der Waals surface area contributed by atoms with Crippen molar-refractivity contribution in [2.75, 3.05) is 6.61 Å². The second kappa shape index (κ2) is 11.0. The summed E-state index contributed by atoms with van der Waals surface area (Å²) in [5.41, 5.74) is 2.66. The van der Waals surface area contributed by atoms with Gasteiger partial charge in [-0.05, 0) is 66.8 Å². The number of aromatic nitrogens is 1.